The van der Waals surface area contributed by atoms with Crippen molar-refractivity contribution in [2.24, 2.45) is 5.41 Å². The maximum absolute atomic E-state index is 13.4. The van der Waals surface area contributed by atoms with Crippen LogP contribution < -0.4 is 0 Å². The first-order valence-corrected chi connectivity index (χ1v) is 14.6. The van der Waals surface area contributed by atoms with Crippen LogP contribution in [0.2, 0.25) is 10.0 Å². The van der Waals surface area contributed by atoms with E-state index >= 15 is 0 Å². The first-order chi connectivity index (χ1) is 21.0. The number of nitrogens with zero attached hydrogens (tertiary/aromatic N) is 4. The third-order valence-electron chi connectivity index (χ3n) is 8.67. The van der Waals surface area contributed by atoms with Gasteiger partial charge in [0.15, 0.2) is 0 Å². The predicted octanol–water partition coefficient (Wildman–Crippen LogP) is 8.19. The van der Waals surface area contributed by atoms with E-state index in [1.54, 1.807) is 0 Å². The molecule has 0 radical (unpaired) electrons. The molecule has 14 heteroatoms. The Hall–Kier alpha value is -3.74. The second-order valence-corrected chi connectivity index (χ2v) is 12.4. The third-order valence-corrected chi connectivity index (χ3v) is 9.24. The Morgan fingerprint density at radius 2 is 1.75 bits per heavy atom. The lowest BCUT2D eigenvalue weighted by Crippen LogP contribution is -2.48. The lowest BCUT2D eigenvalue weighted by molar-refractivity contribution is -0.186. The minimum absolute atomic E-state index is 0.113. The molecule has 0 unspecified atom stereocenters. The zero-order valence-corrected chi connectivity index (χ0v) is 24.3. The molecule has 0 atom stereocenters. The van der Waals surface area contributed by atoms with E-state index in [0.717, 1.165) is 49.1 Å². The van der Waals surface area contributed by atoms with Crippen molar-refractivity contribution in [1.29, 1.82) is 0 Å². The Balaban J connectivity index is 1.14. The minimum Gasteiger partial charge on any atom is -0.478 e. The molecule has 4 aromatic rings. The molecular formula is C30H23Cl2F3N4O5. The summed E-state index contributed by atoms with van der Waals surface area (Å²) in [6.07, 6.45) is 6.95. The van der Waals surface area contributed by atoms with Crippen molar-refractivity contribution < 1.29 is 36.9 Å². The highest BCUT2D eigenvalue weighted by Gasteiger charge is 2.53. The molecule has 5 heterocycles. The van der Waals surface area contributed by atoms with Gasteiger partial charge in [0, 0.05) is 40.4 Å². The fourth-order valence-corrected chi connectivity index (χ4v) is 6.51. The monoisotopic (exact) mass is 646 g/mol. The Morgan fingerprint density at radius 3 is 2.36 bits per heavy atom. The van der Waals surface area contributed by atoms with Gasteiger partial charge in [-0.3, -0.25) is 4.98 Å². The summed E-state index contributed by atoms with van der Waals surface area (Å²) in [6.45, 7) is 0.351. The molecular weight excluding hydrogens is 624 g/mol. The number of carboxylic acid groups (broad SMARTS) is 1. The van der Waals surface area contributed by atoms with Crippen molar-refractivity contribution in [3.8, 4) is 22.6 Å². The SMILES string of the molecule is O=C(O)c1cc(-c2noc(C34CCC(C=Cc5c(-c6c(Cl)cncc6Cl)noc5C5CC5)(CC3)CO4)n2)cc(C(F)(F)F)c1. The normalized spacial score (nSPS) is 23.5. The van der Waals surface area contributed by atoms with Gasteiger partial charge < -0.3 is 18.9 Å². The van der Waals surface area contributed by atoms with Crippen LogP contribution in [-0.4, -0.2) is 38.0 Å². The summed E-state index contributed by atoms with van der Waals surface area (Å²) in [5.74, 6) is -0.420. The standard InChI is InChI=1S/C30H23Cl2F3N4O5/c31-20-12-36-13-21(32)22(20)23-19(24(43-38-23)15-1-2-15)3-4-28-5-7-29(8-6-28,42-14-28)27-37-25(39-44-27)16-9-17(26(40)41)11-18(10-16)30(33,34)35/h3-4,9-13,15H,1-2,5-8,14H2,(H,40,41). The van der Waals surface area contributed by atoms with E-state index in [1.807, 2.05) is 6.08 Å². The van der Waals surface area contributed by atoms with E-state index in [2.05, 4.69) is 26.4 Å². The fraction of sp³-hybridized carbons (Fsp3) is 0.367. The highest BCUT2D eigenvalue weighted by Crippen LogP contribution is 2.55. The first-order valence-electron chi connectivity index (χ1n) is 13.9. The predicted molar refractivity (Wildman–Crippen MR) is 151 cm³/mol. The summed E-state index contributed by atoms with van der Waals surface area (Å²) in [7, 11) is 0. The first kappa shape index (κ1) is 29.0. The van der Waals surface area contributed by atoms with Gasteiger partial charge in [0.25, 0.3) is 5.89 Å². The zero-order valence-electron chi connectivity index (χ0n) is 22.8. The van der Waals surface area contributed by atoms with Gasteiger partial charge in [0.2, 0.25) is 5.82 Å². The van der Waals surface area contributed by atoms with Crippen LogP contribution in [0, 0.1) is 5.41 Å². The largest absolute Gasteiger partial charge is 0.478 e. The number of fused-ring (bicyclic) bond motifs is 3. The van der Waals surface area contributed by atoms with Gasteiger partial charge in [-0.2, -0.15) is 18.2 Å². The number of aromatic nitrogens is 4. The van der Waals surface area contributed by atoms with Crippen molar-refractivity contribution in [3.63, 3.8) is 0 Å². The molecule has 2 saturated carbocycles. The van der Waals surface area contributed by atoms with Gasteiger partial charge in [0.1, 0.15) is 17.1 Å². The van der Waals surface area contributed by atoms with Crippen LogP contribution in [-0.2, 0) is 16.5 Å². The number of hydrogen-bond donors (Lipinski definition) is 1. The van der Waals surface area contributed by atoms with E-state index in [1.165, 1.54) is 12.4 Å². The lowest BCUT2D eigenvalue weighted by Gasteiger charge is -2.50. The maximum Gasteiger partial charge on any atom is 0.416 e. The average molecular weight is 647 g/mol. The van der Waals surface area contributed by atoms with Gasteiger partial charge >= 0.3 is 12.1 Å². The molecule has 4 fully saturated rings. The van der Waals surface area contributed by atoms with Gasteiger partial charge in [-0.05, 0) is 56.7 Å². The molecule has 8 rings (SSSR count). The Labute approximate surface area is 258 Å². The minimum atomic E-state index is -4.75. The molecule has 9 nitrogen and oxygen atoms in total. The molecule has 2 aliphatic heterocycles. The van der Waals surface area contributed by atoms with Crippen LogP contribution in [0.4, 0.5) is 13.2 Å². The number of carbonyl (C=O) groups is 1. The molecule has 44 heavy (non-hydrogen) atoms. The molecule has 3 aromatic heterocycles. The molecule has 0 amide bonds. The Bertz CT molecular complexity index is 1770. The third kappa shape index (κ3) is 5.08. The van der Waals surface area contributed by atoms with E-state index < -0.39 is 28.9 Å². The van der Waals surface area contributed by atoms with E-state index in [4.69, 9.17) is 37.0 Å². The zero-order chi connectivity index (χ0) is 30.9. The number of ether oxygens (including phenoxy) is 1. The van der Waals surface area contributed by atoms with Crippen molar-refractivity contribution in [2.75, 3.05) is 6.61 Å². The number of alkyl halides is 3. The van der Waals surface area contributed by atoms with Crippen LogP contribution in [0.3, 0.4) is 0 Å². The highest BCUT2D eigenvalue weighted by atomic mass is 35.5. The highest BCUT2D eigenvalue weighted by molar-refractivity contribution is 6.39. The number of benzene rings is 1. The molecule has 2 saturated heterocycles. The smallest absolute Gasteiger partial charge is 0.416 e. The molecule has 1 aromatic carbocycles. The van der Waals surface area contributed by atoms with Gasteiger partial charge in [0.05, 0.1) is 27.8 Å². The molecule has 4 aliphatic rings. The number of rotatable bonds is 7. The fourth-order valence-electron chi connectivity index (χ4n) is 5.97. The summed E-state index contributed by atoms with van der Waals surface area (Å²) >= 11 is 12.9. The van der Waals surface area contributed by atoms with Crippen LogP contribution in [0.25, 0.3) is 28.7 Å². The van der Waals surface area contributed by atoms with Crippen molar-refractivity contribution >= 4 is 35.2 Å². The van der Waals surface area contributed by atoms with Crippen molar-refractivity contribution in [1.82, 2.24) is 20.3 Å². The molecule has 1 N–H and O–H groups in total. The maximum atomic E-state index is 13.4. The summed E-state index contributed by atoms with van der Waals surface area (Å²) in [4.78, 5) is 19.9. The lowest BCUT2D eigenvalue weighted by atomic mass is 9.65. The Morgan fingerprint density at radius 1 is 1.02 bits per heavy atom. The van der Waals surface area contributed by atoms with Crippen molar-refractivity contribution in [2.45, 2.75) is 56.2 Å². The number of halogens is 5. The molecule has 228 valence electrons. The second-order valence-electron chi connectivity index (χ2n) is 11.6. The second kappa shape index (κ2) is 10.4. The average Bonchev–Trinajstić information content (AvgIpc) is 3.56. The van der Waals surface area contributed by atoms with Crippen LogP contribution in [0.5, 0.6) is 0 Å². The molecule has 0 spiro atoms. The van der Waals surface area contributed by atoms with Gasteiger partial charge in [-0.15, -0.1) is 0 Å². The van der Waals surface area contributed by atoms with Gasteiger partial charge in [-0.25, -0.2) is 4.79 Å². The topological polar surface area (TPSA) is 124 Å². The van der Waals surface area contributed by atoms with Crippen molar-refractivity contribution in [3.05, 3.63) is 75.1 Å². The summed E-state index contributed by atoms with van der Waals surface area (Å²) < 4.78 is 57.9. The quantitative estimate of drug-likeness (QED) is 0.211. The van der Waals surface area contributed by atoms with Crippen LogP contribution >= 0.6 is 23.2 Å². The summed E-state index contributed by atoms with van der Waals surface area (Å²) in [5.41, 5.74) is -1.01. The molecule has 2 bridgehead atoms. The van der Waals surface area contributed by atoms with Gasteiger partial charge in [-0.1, -0.05) is 45.7 Å². The van der Waals surface area contributed by atoms with E-state index in [9.17, 15) is 23.1 Å². The van der Waals surface area contributed by atoms with E-state index in [-0.39, 0.29) is 28.6 Å². The Kier molecular flexibility index (Phi) is 6.87. The number of aromatic carboxylic acids is 1. The number of hydrogen-bond acceptors (Lipinski definition) is 8. The summed E-state index contributed by atoms with van der Waals surface area (Å²) in [5, 5.41) is 18.3. The molecule has 2 aliphatic carbocycles. The van der Waals surface area contributed by atoms with Crippen LogP contribution in [0.1, 0.15) is 77.6 Å². The van der Waals surface area contributed by atoms with Crippen LogP contribution in [0.15, 0.2) is 45.7 Å². The summed E-state index contributed by atoms with van der Waals surface area (Å²) in [6, 6.07) is 2.46. The van der Waals surface area contributed by atoms with E-state index in [0.29, 0.717) is 46.8 Å². The number of carboxylic acids is 1. The number of pyridine rings is 1.